The number of carbonyl (C=O) groups is 3. The third-order valence-electron chi connectivity index (χ3n) is 12.5. The van der Waals surface area contributed by atoms with Crippen LogP contribution in [0.5, 0.6) is 0 Å². The molecule has 392 valence electrons. The number of nitrogens with two attached hydrogens (primary N) is 1. The second-order valence-corrected chi connectivity index (χ2v) is 20.0. The Morgan fingerprint density at radius 3 is 1.30 bits per heavy atom. The minimum atomic E-state index is -5.08. The highest BCUT2D eigenvalue weighted by Crippen LogP contribution is 2.28. The smallest absolute Gasteiger partial charge is 0.475 e. The molecule has 2 saturated carbocycles. The van der Waals surface area contributed by atoms with Crippen molar-refractivity contribution >= 4 is 125 Å². The lowest BCUT2D eigenvalue weighted by Gasteiger charge is -2.29. The molecule has 0 atom stereocenters. The summed E-state index contributed by atoms with van der Waals surface area (Å²) >= 11 is 29.5. The second kappa shape index (κ2) is 25.9. The maximum absolute atomic E-state index is 12.7. The molecule has 0 spiro atoms. The minimum absolute atomic E-state index is 0. The third kappa shape index (κ3) is 16.2. The van der Waals surface area contributed by atoms with Gasteiger partial charge in [-0.1, -0.05) is 70.1 Å². The number of rotatable bonds is 8. The highest BCUT2D eigenvalue weighted by molar-refractivity contribution is 6.32. The summed E-state index contributed by atoms with van der Waals surface area (Å²) in [5.74, 6) is -0.931. The van der Waals surface area contributed by atoms with Gasteiger partial charge in [0, 0.05) is 64.5 Å². The molecule has 12 nitrogen and oxygen atoms in total. The number of carboxylic acid groups (broad SMARTS) is 1. The molecule has 74 heavy (non-hydrogen) atoms. The van der Waals surface area contributed by atoms with Crippen LogP contribution in [0, 0.1) is 11.8 Å². The molecule has 0 saturated heterocycles. The van der Waals surface area contributed by atoms with Gasteiger partial charge in [0.2, 0.25) is 0 Å². The molecule has 0 radical (unpaired) electrons. The van der Waals surface area contributed by atoms with Gasteiger partial charge in [-0.3, -0.25) is 9.59 Å². The maximum Gasteiger partial charge on any atom is 0.490 e. The van der Waals surface area contributed by atoms with Crippen LogP contribution in [0.15, 0.2) is 121 Å². The quantitative estimate of drug-likeness (QED) is 0.0917. The zero-order valence-corrected chi connectivity index (χ0v) is 43.3. The summed E-state index contributed by atoms with van der Waals surface area (Å²) in [5.41, 5.74) is 9.95. The number of benzene rings is 4. The van der Waals surface area contributed by atoms with E-state index in [0.29, 0.717) is 43.4 Å². The normalized spacial score (nSPS) is 17.4. The molecule has 20 heteroatoms. The van der Waals surface area contributed by atoms with Gasteiger partial charge in [0.05, 0.1) is 22.1 Å². The number of hydrogen-bond acceptors (Lipinski definition) is 9. The van der Waals surface area contributed by atoms with E-state index in [0.717, 1.165) is 119 Å². The Hall–Kier alpha value is -6.07. The van der Waals surface area contributed by atoms with Gasteiger partial charge in [0.15, 0.2) is 0 Å². The molecule has 8 aromatic rings. The van der Waals surface area contributed by atoms with Crippen molar-refractivity contribution in [1.82, 2.24) is 30.6 Å². The third-order valence-corrected chi connectivity index (χ3v) is 13.7. The molecular formula is C54H56Cl5F3N8O4. The number of alkyl halides is 3. The van der Waals surface area contributed by atoms with Gasteiger partial charge in [-0.05, 0) is 179 Å². The first-order valence-electron chi connectivity index (χ1n) is 23.7. The summed E-state index contributed by atoms with van der Waals surface area (Å²) < 4.78 is 31.7. The first-order valence-corrected chi connectivity index (χ1v) is 25.5. The molecule has 2 fully saturated rings. The van der Waals surface area contributed by atoms with E-state index in [4.69, 9.17) is 73.6 Å². The standard InChI is InChI=1S/C26H24Cl2N4O.C17H20ClN3O.C9H5Cl2N.C2HF3O2.3H2/c27-19-5-10-22-17(13-19)3-9-24(31-22)26(33)30-21-7-1-16(2-8-21)15-29-25-12-4-18-14-20(28)6-11-23(18)32-25;18-13-4-8-15-12(9-13)3-7-16(21-15)17(22)20-14-5-1-11(10-19)2-6-14;10-7-2-3-8-6(5-7)1-4-9(11)12-8;3-2(4,5)1(6)7;;;/h3-6,9-14,16,21H,1-2,7-8,15H2,(H,29,32)(H,30,33);3-4,7-9,11,14H,1-2,5-6,10,19H2,(H,20,22);1-5H;(H,6,7);3*1H. The summed E-state index contributed by atoms with van der Waals surface area (Å²) in [6.07, 6.45) is 3.13. The number of aliphatic carboxylic acids is 1. The van der Waals surface area contributed by atoms with Crippen molar-refractivity contribution in [2.24, 2.45) is 17.6 Å². The summed E-state index contributed by atoms with van der Waals surface area (Å²) in [7, 11) is 0. The second-order valence-electron chi connectivity index (χ2n) is 17.9. The van der Waals surface area contributed by atoms with Crippen molar-refractivity contribution in [1.29, 1.82) is 0 Å². The number of hydrogen-bond donors (Lipinski definition) is 5. The summed E-state index contributed by atoms with van der Waals surface area (Å²) in [4.78, 5) is 51.7. The highest BCUT2D eigenvalue weighted by atomic mass is 35.5. The Balaban J connectivity index is 0.000000250. The van der Waals surface area contributed by atoms with Crippen LogP contribution < -0.4 is 21.7 Å². The van der Waals surface area contributed by atoms with E-state index in [2.05, 4.69) is 35.9 Å². The first kappa shape index (κ1) is 55.7. The van der Waals surface area contributed by atoms with Crippen molar-refractivity contribution in [3.05, 3.63) is 158 Å². The number of carboxylic acids is 1. The monoisotopic (exact) mass is 1110 g/mol. The molecule has 6 N–H and O–H groups in total. The molecule has 4 heterocycles. The number of pyridine rings is 4. The van der Waals surface area contributed by atoms with E-state index in [9.17, 15) is 22.8 Å². The number of carbonyl (C=O) groups excluding carboxylic acids is 2. The first-order chi connectivity index (χ1) is 35.4. The lowest BCUT2D eigenvalue weighted by Crippen LogP contribution is -2.38. The van der Waals surface area contributed by atoms with Crippen molar-refractivity contribution < 1.29 is 36.9 Å². The van der Waals surface area contributed by atoms with E-state index < -0.39 is 12.1 Å². The number of halogens is 8. The lowest BCUT2D eigenvalue weighted by molar-refractivity contribution is -0.192. The zero-order valence-electron chi connectivity index (χ0n) is 39.5. The fraction of sp³-hybridized carbons (Fsp3) is 0.278. The highest BCUT2D eigenvalue weighted by Gasteiger charge is 2.38. The molecule has 4 aromatic heterocycles. The number of anilines is 1. The van der Waals surface area contributed by atoms with E-state index in [-0.39, 0.29) is 28.2 Å². The summed E-state index contributed by atoms with van der Waals surface area (Å²) in [6, 6.07) is 37.6. The van der Waals surface area contributed by atoms with Crippen LogP contribution in [-0.2, 0) is 4.79 Å². The van der Waals surface area contributed by atoms with E-state index in [1.54, 1.807) is 36.4 Å². The van der Waals surface area contributed by atoms with Gasteiger partial charge < -0.3 is 26.8 Å². The molecule has 4 aromatic carbocycles. The van der Waals surface area contributed by atoms with Gasteiger partial charge >= 0.3 is 12.1 Å². The van der Waals surface area contributed by atoms with Crippen LogP contribution in [0.25, 0.3) is 43.6 Å². The van der Waals surface area contributed by atoms with Crippen LogP contribution in [-0.4, -0.2) is 74.2 Å². The molecule has 0 unspecified atom stereocenters. The predicted molar refractivity (Wildman–Crippen MR) is 296 cm³/mol. The van der Waals surface area contributed by atoms with Gasteiger partial charge in [0.25, 0.3) is 11.8 Å². The fourth-order valence-corrected chi connectivity index (χ4v) is 9.41. The number of aromatic nitrogens is 4. The number of nitrogens with zero attached hydrogens (tertiary/aromatic N) is 4. The zero-order chi connectivity index (χ0) is 52.9. The van der Waals surface area contributed by atoms with Gasteiger partial charge in [-0.15, -0.1) is 0 Å². The van der Waals surface area contributed by atoms with Crippen LogP contribution in [0.2, 0.25) is 25.2 Å². The van der Waals surface area contributed by atoms with E-state index in [1.807, 2.05) is 84.9 Å². The molecule has 0 aliphatic heterocycles. The number of nitrogens with one attached hydrogen (secondary N) is 3. The number of fused-ring (bicyclic) bond motifs is 4. The Bertz CT molecular complexity index is 3240. The SMILES string of the molecule is Clc1ccc2nc(Cl)ccc2c1.NCC1CCC(NC(=O)c2ccc3cc(Cl)ccc3n2)CC1.O=C(NC1CCC(CNc2ccc3cc(Cl)ccc3n2)CC1)c1ccc2cc(Cl)ccc2n1.O=C(O)C(F)(F)F.[HH].[HH].[HH]. The van der Waals surface area contributed by atoms with Gasteiger partial charge in [-0.2, -0.15) is 13.2 Å². The largest absolute Gasteiger partial charge is 0.490 e. The van der Waals surface area contributed by atoms with Crippen LogP contribution >= 0.6 is 58.0 Å². The summed E-state index contributed by atoms with van der Waals surface area (Å²) in [6.45, 7) is 1.62. The lowest BCUT2D eigenvalue weighted by atomic mass is 9.86. The molecule has 10 rings (SSSR count). The average molecular weight is 1120 g/mol. The summed E-state index contributed by atoms with van der Waals surface area (Å²) in [5, 5.41) is 24.0. The van der Waals surface area contributed by atoms with Crippen LogP contribution in [0.1, 0.15) is 76.6 Å². The number of amides is 2. The van der Waals surface area contributed by atoms with Crippen molar-refractivity contribution in [2.45, 2.75) is 69.6 Å². The molecule has 0 bridgehead atoms. The minimum Gasteiger partial charge on any atom is -0.475 e. The maximum atomic E-state index is 12.7. The topological polar surface area (TPSA) is 185 Å². The molecule has 2 aliphatic carbocycles. The molecule has 2 aliphatic rings. The Morgan fingerprint density at radius 1 is 0.527 bits per heavy atom. The predicted octanol–water partition coefficient (Wildman–Crippen LogP) is 14.5. The molecule has 2 amide bonds. The molecular weight excluding hydrogens is 1060 g/mol. The van der Waals surface area contributed by atoms with Crippen LogP contribution in [0.3, 0.4) is 0 Å². The Kier molecular flexibility index (Phi) is 19.5. The van der Waals surface area contributed by atoms with Crippen molar-refractivity contribution in [3.63, 3.8) is 0 Å². The van der Waals surface area contributed by atoms with Crippen molar-refractivity contribution in [2.75, 3.05) is 18.4 Å². The van der Waals surface area contributed by atoms with Gasteiger partial charge in [0.1, 0.15) is 22.4 Å². The fourth-order valence-electron chi connectivity index (χ4n) is 8.53. The Morgan fingerprint density at radius 2 is 0.892 bits per heavy atom. The van der Waals surface area contributed by atoms with Gasteiger partial charge in [-0.25, -0.2) is 24.7 Å². The van der Waals surface area contributed by atoms with E-state index >= 15 is 0 Å². The Labute approximate surface area is 454 Å². The van der Waals surface area contributed by atoms with Crippen LogP contribution in [0.4, 0.5) is 19.0 Å². The van der Waals surface area contributed by atoms with E-state index in [1.165, 1.54) is 0 Å². The van der Waals surface area contributed by atoms with Crippen molar-refractivity contribution in [3.8, 4) is 0 Å². The average Bonchev–Trinajstić information content (AvgIpc) is 3.38.